The van der Waals surface area contributed by atoms with Gasteiger partial charge in [0, 0.05) is 23.0 Å². The quantitative estimate of drug-likeness (QED) is 0.645. The summed E-state index contributed by atoms with van der Waals surface area (Å²) in [5.74, 6) is -0.626. The molecule has 0 saturated carbocycles. The lowest BCUT2D eigenvalue weighted by Gasteiger charge is -2.40. The SMILES string of the molecule is O=C(O)[C@@H]1Cc2c([nH]c3ccccc23)[C@@H](c2ccc3c(c2)OCO3)N1C(=O)CCl. The first-order valence-corrected chi connectivity index (χ1v) is 9.71. The fraction of sp³-hybridized carbons (Fsp3) is 0.238. The first-order valence-electron chi connectivity index (χ1n) is 9.17. The molecule has 0 fully saturated rings. The van der Waals surface area contributed by atoms with Crippen LogP contribution in [-0.4, -0.2) is 45.6 Å². The molecule has 7 nitrogen and oxygen atoms in total. The van der Waals surface area contributed by atoms with E-state index in [1.807, 2.05) is 30.3 Å². The van der Waals surface area contributed by atoms with Crippen LogP contribution in [0.25, 0.3) is 10.9 Å². The molecule has 3 heterocycles. The zero-order valence-electron chi connectivity index (χ0n) is 15.2. The number of fused-ring (bicyclic) bond motifs is 4. The van der Waals surface area contributed by atoms with Crippen molar-refractivity contribution in [1.29, 1.82) is 0 Å². The van der Waals surface area contributed by atoms with Crippen LogP contribution in [0.15, 0.2) is 42.5 Å². The van der Waals surface area contributed by atoms with Gasteiger partial charge in [0.25, 0.3) is 0 Å². The second kappa shape index (κ2) is 6.70. The van der Waals surface area contributed by atoms with Crippen LogP contribution in [0.4, 0.5) is 0 Å². The predicted molar refractivity (Wildman–Crippen MR) is 105 cm³/mol. The van der Waals surface area contributed by atoms with Gasteiger partial charge in [-0.1, -0.05) is 24.3 Å². The van der Waals surface area contributed by atoms with Gasteiger partial charge in [0.1, 0.15) is 11.9 Å². The van der Waals surface area contributed by atoms with E-state index in [1.54, 1.807) is 12.1 Å². The monoisotopic (exact) mass is 412 g/mol. The summed E-state index contributed by atoms with van der Waals surface area (Å²) in [5, 5.41) is 10.9. The summed E-state index contributed by atoms with van der Waals surface area (Å²) in [6.07, 6.45) is 0.207. The highest BCUT2D eigenvalue weighted by atomic mass is 35.5. The lowest BCUT2D eigenvalue weighted by molar-refractivity contribution is -0.151. The molecule has 8 heteroatoms. The van der Waals surface area contributed by atoms with Crippen molar-refractivity contribution in [1.82, 2.24) is 9.88 Å². The van der Waals surface area contributed by atoms with E-state index >= 15 is 0 Å². The number of hydrogen-bond donors (Lipinski definition) is 2. The Kier molecular flexibility index (Phi) is 4.13. The number of carbonyl (C=O) groups is 2. The highest BCUT2D eigenvalue weighted by Crippen LogP contribution is 2.43. The Labute approximate surface area is 170 Å². The van der Waals surface area contributed by atoms with E-state index in [1.165, 1.54) is 4.90 Å². The Morgan fingerprint density at radius 3 is 2.76 bits per heavy atom. The number of aromatic amines is 1. The van der Waals surface area contributed by atoms with Gasteiger partial charge in [-0.2, -0.15) is 0 Å². The van der Waals surface area contributed by atoms with Crippen LogP contribution in [0.2, 0.25) is 0 Å². The lowest BCUT2D eigenvalue weighted by Crippen LogP contribution is -2.52. The van der Waals surface area contributed by atoms with Crippen LogP contribution in [0.3, 0.4) is 0 Å². The highest BCUT2D eigenvalue weighted by Gasteiger charge is 2.43. The summed E-state index contributed by atoms with van der Waals surface area (Å²) in [5.41, 5.74) is 3.31. The molecule has 0 bridgehead atoms. The first-order chi connectivity index (χ1) is 14.1. The van der Waals surface area contributed by atoms with Crippen molar-refractivity contribution in [2.24, 2.45) is 0 Å². The van der Waals surface area contributed by atoms with Crippen molar-refractivity contribution in [3.8, 4) is 11.5 Å². The molecule has 0 saturated heterocycles. The molecule has 29 heavy (non-hydrogen) atoms. The van der Waals surface area contributed by atoms with Crippen molar-refractivity contribution in [2.75, 3.05) is 12.7 Å². The van der Waals surface area contributed by atoms with Gasteiger partial charge < -0.3 is 24.5 Å². The van der Waals surface area contributed by atoms with Crippen LogP contribution in [0.1, 0.15) is 22.9 Å². The number of carboxylic acids is 1. The third-order valence-electron chi connectivity index (χ3n) is 5.53. The van der Waals surface area contributed by atoms with E-state index in [2.05, 4.69) is 4.98 Å². The fourth-order valence-corrected chi connectivity index (χ4v) is 4.43. The van der Waals surface area contributed by atoms with Gasteiger partial charge in [0.2, 0.25) is 12.7 Å². The largest absolute Gasteiger partial charge is 0.480 e. The lowest BCUT2D eigenvalue weighted by atomic mass is 9.88. The number of H-pyrrole nitrogens is 1. The minimum atomic E-state index is -1.06. The molecule has 2 atom stereocenters. The molecule has 1 amide bonds. The molecular formula is C21H17ClN2O5. The number of alkyl halides is 1. The molecule has 0 aliphatic carbocycles. The predicted octanol–water partition coefficient (Wildman–Crippen LogP) is 3.06. The minimum absolute atomic E-state index is 0.128. The van der Waals surface area contributed by atoms with Crippen molar-refractivity contribution < 1.29 is 24.2 Å². The molecule has 0 unspecified atom stereocenters. The average Bonchev–Trinajstić information content (AvgIpc) is 3.35. The van der Waals surface area contributed by atoms with Gasteiger partial charge in [-0.15, -0.1) is 11.6 Å². The number of carbonyl (C=O) groups excluding carboxylic acids is 1. The van der Waals surface area contributed by atoms with Crippen LogP contribution in [0.5, 0.6) is 11.5 Å². The summed E-state index contributed by atoms with van der Waals surface area (Å²) < 4.78 is 10.9. The van der Waals surface area contributed by atoms with Crippen LogP contribution < -0.4 is 9.47 Å². The van der Waals surface area contributed by atoms with Crippen molar-refractivity contribution in [3.63, 3.8) is 0 Å². The minimum Gasteiger partial charge on any atom is -0.480 e. The van der Waals surface area contributed by atoms with Crippen LogP contribution in [0, 0.1) is 0 Å². The third kappa shape index (κ3) is 2.73. The molecule has 2 aromatic carbocycles. The maximum atomic E-state index is 12.8. The molecule has 2 aliphatic heterocycles. The molecule has 5 rings (SSSR count). The van der Waals surface area contributed by atoms with Gasteiger partial charge >= 0.3 is 5.97 Å². The van der Waals surface area contributed by atoms with Gasteiger partial charge in [-0.05, 0) is 29.3 Å². The Hall–Kier alpha value is -3.19. The number of nitrogens with one attached hydrogen (secondary N) is 1. The van der Waals surface area contributed by atoms with Gasteiger partial charge in [-0.3, -0.25) is 4.79 Å². The molecular weight excluding hydrogens is 396 g/mol. The molecule has 3 aromatic rings. The summed E-state index contributed by atoms with van der Waals surface area (Å²) in [7, 11) is 0. The van der Waals surface area contributed by atoms with E-state index in [9.17, 15) is 14.7 Å². The highest BCUT2D eigenvalue weighted by molar-refractivity contribution is 6.27. The van der Waals surface area contributed by atoms with Crippen LogP contribution >= 0.6 is 11.6 Å². The second-order valence-corrected chi connectivity index (χ2v) is 7.34. The number of ether oxygens (including phenoxy) is 2. The number of amides is 1. The standard InChI is InChI=1S/C21H17ClN2O5/c22-9-18(25)24-15(21(26)27)8-13-12-3-1-2-4-14(12)23-19(13)20(24)11-5-6-16-17(7-11)29-10-28-16/h1-7,15,20,23H,8-10H2,(H,26,27)/t15-,20+/m0/s1. The van der Waals surface area contributed by atoms with Gasteiger partial charge in [0.15, 0.2) is 11.5 Å². The smallest absolute Gasteiger partial charge is 0.326 e. The number of carboxylic acid groups (broad SMARTS) is 1. The molecule has 2 N–H and O–H groups in total. The van der Waals surface area contributed by atoms with Crippen LogP contribution in [-0.2, 0) is 16.0 Å². The number of halogens is 1. The average molecular weight is 413 g/mol. The van der Waals surface area contributed by atoms with Crippen molar-refractivity contribution in [3.05, 3.63) is 59.3 Å². The fourth-order valence-electron chi connectivity index (χ4n) is 4.29. The normalized spacial score (nSPS) is 20.0. The van der Waals surface area contributed by atoms with E-state index in [-0.39, 0.29) is 19.1 Å². The number of nitrogens with zero attached hydrogens (tertiary/aromatic N) is 1. The molecule has 148 valence electrons. The summed E-state index contributed by atoms with van der Waals surface area (Å²) in [6.45, 7) is 0.128. The molecule has 0 radical (unpaired) electrons. The molecule has 1 aromatic heterocycles. The Bertz CT molecular complexity index is 1140. The first kappa shape index (κ1) is 17.9. The van der Waals surface area contributed by atoms with E-state index in [4.69, 9.17) is 21.1 Å². The van der Waals surface area contributed by atoms with E-state index in [0.29, 0.717) is 11.5 Å². The molecule has 0 spiro atoms. The summed E-state index contributed by atoms with van der Waals surface area (Å²) >= 11 is 5.87. The van der Waals surface area contributed by atoms with Gasteiger partial charge in [0.05, 0.1) is 6.04 Å². The maximum Gasteiger partial charge on any atom is 0.326 e. The Balaban J connectivity index is 1.75. The van der Waals surface area contributed by atoms with E-state index in [0.717, 1.165) is 27.7 Å². The summed E-state index contributed by atoms with van der Waals surface area (Å²) in [4.78, 5) is 29.7. The topological polar surface area (TPSA) is 91.9 Å². The second-order valence-electron chi connectivity index (χ2n) is 7.07. The Morgan fingerprint density at radius 2 is 1.97 bits per heavy atom. The van der Waals surface area contributed by atoms with Crippen molar-refractivity contribution in [2.45, 2.75) is 18.5 Å². The number of para-hydroxylation sites is 1. The molecule has 2 aliphatic rings. The zero-order chi connectivity index (χ0) is 20.1. The number of hydrogen-bond acceptors (Lipinski definition) is 4. The number of benzene rings is 2. The number of aromatic nitrogens is 1. The van der Waals surface area contributed by atoms with Gasteiger partial charge in [-0.25, -0.2) is 4.79 Å². The Morgan fingerprint density at radius 1 is 1.17 bits per heavy atom. The zero-order valence-corrected chi connectivity index (χ0v) is 16.0. The summed E-state index contributed by atoms with van der Waals surface area (Å²) in [6, 6.07) is 11.5. The maximum absolute atomic E-state index is 12.8. The van der Waals surface area contributed by atoms with E-state index < -0.39 is 24.0 Å². The van der Waals surface area contributed by atoms with Crippen molar-refractivity contribution >= 4 is 34.4 Å². The number of aliphatic carboxylic acids is 1. The number of rotatable bonds is 3. The third-order valence-corrected chi connectivity index (χ3v) is 5.76.